The number of aromatic nitrogens is 1. The standard InChI is InChI=1S/C23H21ClN4O3S/c1-13(29)25-16-4-2-5-17(12-16)26-22(31)18-6-3-7-19-20(18)27-23(32-19)28-21(30)14-8-10-15(24)11-9-14/h2,4-5,8-12,18H,3,6-7H2,1H3,(H,25,29)(H,26,31)(H,27,28,30). The Kier molecular flexibility index (Phi) is 6.53. The Morgan fingerprint density at radius 3 is 2.47 bits per heavy atom. The molecule has 1 aliphatic rings. The lowest BCUT2D eigenvalue weighted by molar-refractivity contribution is -0.118. The van der Waals surface area contributed by atoms with E-state index in [-0.39, 0.29) is 17.7 Å². The molecule has 7 nitrogen and oxygen atoms in total. The summed E-state index contributed by atoms with van der Waals surface area (Å²) in [5, 5.41) is 9.48. The first kappa shape index (κ1) is 22.0. The van der Waals surface area contributed by atoms with Crippen molar-refractivity contribution >= 4 is 57.2 Å². The number of aryl methyl sites for hydroxylation is 1. The highest BCUT2D eigenvalue weighted by molar-refractivity contribution is 7.16. The zero-order valence-corrected chi connectivity index (χ0v) is 18.8. The van der Waals surface area contributed by atoms with Crippen LogP contribution in [0.4, 0.5) is 16.5 Å². The van der Waals surface area contributed by atoms with E-state index in [1.807, 2.05) is 0 Å². The van der Waals surface area contributed by atoms with Gasteiger partial charge in [0.25, 0.3) is 5.91 Å². The smallest absolute Gasteiger partial charge is 0.257 e. The quantitative estimate of drug-likeness (QED) is 0.487. The molecule has 2 aromatic carbocycles. The second-order valence-electron chi connectivity index (χ2n) is 7.48. The van der Waals surface area contributed by atoms with Gasteiger partial charge in [-0.05, 0) is 61.7 Å². The number of carbonyl (C=O) groups excluding carboxylic acids is 3. The monoisotopic (exact) mass is 468 g/mol. The molecule has 0 saturated carbocycles. The zero-order chi connectivity index (χ0) is 22.7. The summed E-state index contributed by atoms with van der Waals surface area (Å²) < 4.78 is 0. The number of nitrogens with zero attached hydrogens (tertiary/aromatic N) is 1. The number of carbonyl (C=O) groups is 3. The van der Waals surface area contributed by atoms with Crippen molar-refractivity contribution in [1.82, 2.24) is 4.98 Å². The minimum atomic E-state index is -0.402. The predicted molar refractivity (Wildman–Crippen MR) is 127 cm³/mol. The lowest BCUT2D eigenvalue weighted by Crippen LogP contribution is -2.24. The molecular formula is C23H21ClN4O3S. The van der Waals surface area contributed by atoms with Gasteiger partial charge in [0.2, 0.25) is 11.8 Å². The second-order valence-corrected chi connectivity index (χ2v) is 9.00. The van der Waals surface area contributed by atoms with Crippen LogP contribution < -0.4 is 16.0 Å². The van der Waals surface area contributed by atoms with E-state index in [1.54, 1.807) is 48.5 Å². The molecule has 0 spiro atoms. The van der Waals surface area contributed by atoms with E-state index >= 15 is 0 Å². The number of hydrogen-bond donors (Lipinski definition) is 3. The van der Waals surface area contributed by atoms with Gasteiger partial charge in [0.1, 0.15) is 0 Å². The maximum atomic E-state index is 13.0. The van der Waals surface area contributed by atoms with Crippen LogP contribution in [0.1, 0.15) is 46.6 Å². The van der Waals surface area contributed by atoms with Crippen molar-refractivity contribution in [2.45, 2.75) is 32.1 Å². The molecule has 3 N–H and O–H groups in total. The van der Waals surface area contributed by atoms with Gasteiger partial charge >= 0.3 is 0 Å². The summed E-state index contributed by atoms with van der Waals surface area (Å²) in [5.74, 6) is -1.02. The third-order valence-electron chi connectivity index (χ3n) is 5.05. The SMILES string of the molecule is CC(=O)Nc1cccc(NC(=O)C2CCCc3sc(NC(=O)c4ccc(Cl)cc4)nc32)c1. The molecule has 3 amide bonds. The molecule has 0 saturated heterocycles. The van der Waals surface area contributed by atoms with Crippen molar-refractivity contribution < 1.29 is 14.4 Å². The number of nitrogens with one attached hydrogen (secondary N) is 3. The maximum Gasteiger partial charge on any atom is 0.257 e. The van der Waals surface area contributed by atoms with Crippen LogP contribution in [0.5, 0.6) is 0 Å². The molecule has 164 valence electrons. The van der Waals surface area contributed by atoms with Gasteiger partial charge in [0.15, 0.2) is 5.13 Å². The van der Waals surface area contributed by atoms with Crippen molar-refractivity contribution in [1.29, 1.82) is 0 Å². The average molecular weight is 469 g/mol. The minimum absolute atomic E-state index is 0.160. The summed E-state index contributed by atoms with van der Waals surface area (Å²) in [5.41, 5.74) is 2.40. The molecule has 1 aromatic heterocycles. The number of thiazole rings is 1. The van der Waals surface area contributed by atoms with E-state index < -0.39 is 5.92 Å². The van der Waals surface area contributed by atoms with Crippen LogP contribution in [0.25, 0.3) is 0 Å². The van der Waals surface area contributed by atoms with Crippen LogP contribution >= 0.6 is 22.9 Å². The van der Waals surface area contributed by atoms with E-state index in [0.29, 0.717) is 39.2 Å². The van der Waals surface area contributed by atoms with Crippen molar-refractivity contribution in [3.05, 3.63) is 69.7 Å². The predicted octanol–water partition coefficient (Wildman–Crippen LogP) is 5.07. The highest BCUT2D eigenvalue weighted by Crippen LogP contribution is 2.37. The highest BCUT2D eigenvalue weighted by atomic mass is 35.5. The van der Waals surface area contributed by atoms with E-state index in [2.05, 4.69) is 20.9 Å². The molecule has 9 heteroatoms. The van der Waals surface area contributed by atoms with Crippen LogP contribution in [-0.2, 0) is 16.0 Å². The fraction of sp³-hybridized carbons (Fsp3) is 0.217. The molecule has 3 aromatic rings. The molecule has 0 aliphatic heterocycles. The highest BCUT2D eigenvalue weighted by Gasteiger charge is 2.30. The Labute approximate surface area is 194 Å². The molecule has 0 fully saturated rings. The van der Waals surface area contributed by atoms with Gasteiger partial charge in [-0.1, -0.05) is 17.7 Å². The number of rotatable bonds is 5. The summed E-state index contributed by atoms with van der Waals surface area (Å²) in [6.07, 6.45) is 2.37. The third kappa shape index (κ3) is 5.15. The Balaban J connectivity index is 1.48. The number of halogens is 1. The molecule has 0 radical (unpaired) electrons. The van der Waals surface area contributed by atoms with E-state index in [9.17, 15) is 14.4 Å². The normalized spacial score (nSPS) is 14.9. The number of anilines is 3. The van der Waals surface area contributed by atoms with Gasteiger partial charge < -0.3 is 10.6 Å². The summed E-state index contributed by atoms with van der Waals surface area (Å²) in [6, 6.07) is 13.6. The summed E-state index contributed by atoms with van der Waals surface area (Å²) in [4.78, 5) is 42.4. The van der Waals surface area contributed by atoms with Gasteiger partial charge in [0.05, 0.1) is 11.6 Å². The Morgan fingerprint density at radius 2 is 1.75 bits per heavy atom. The van der Waals surface area contributed by atoms with E-state index in [0.717, 1.165) is 17.7 Å². The van der Waals surface area contributed by atoms with Crippen LogP contribution in [0.15, 0.2) is 48.5 Å². The molecular weight excluding hydrogens is 448 g/mol. The third-order valence-corrected chi connectivity index (χ3v) is 6.35. The molecule has 1 heterocycles. The van der Waals surface area contributed by atoms with Gasteiger partial charge in [-0.25, -0.2) is 4.98 Å². The van der Waals surface area contributed by atoms with Gasteiger partial charge in [-0.2, -0.15) is 0 Å². The van der Waals surface area contributed by atoms with Crippen molar-refractivity contribution in [2.75, 3.05) is 16.0 Å². The fourth-order valence-corrected chi connectivity index (χ4v) is 4.79. The zero-order valence-electron chi connectivity index (χ0n) is 17.3. The first-order chi connectivity index (χ1) is 15.4. The summed E-state index contributed by atoms with van der Waals surface area (Å²) >= 11 is 7.28. The Morgan fingerprint density at radius 1 is 1.03 bits per heavy atom. The maximum absolute atomic E-state index is 13.0. The summed E-state index contributed by atoms with van der Waals surface area (Å²) in [6.45, 7) is 1.43. The number of hydrogen-bond acceptors (Lipinski definition) is 5. The van der Waals surface area contributed by atoms with Gasteiger partial charge in [-0.3, -0.25) is 19.7 Å². The Hall–Kier alpha value is -3.23. The van der Waals surface area contributed by atoms with Crippen LogP contribution in [0.2, 0.25) is 5.02 Å². The van der Waals surface area contributed by atoms with Crippen LogP contribution in [0.3, 0.4) is 0 Å². The van der Waals surface area contributed by atoms with Crippen molar-refractivity contribution in [3.63, 3.8) is 0 Å². The molecule has 4 rings (SSSR count). The van der Waals surface area contributed by atoms with E-state index in [1.165, 1.54) is 18.3 Å². The molecule has 1 atom stereocenters. The van der Waals surface area contributed by atoms with Crippen LogP contribution in [0, 0.1) is 0 Å². The van der Waals surface area contributed by atoms with Gasteiger partial charge in [0, 0.05) is 33.8 Å². The molecule has 1 aliphatic carbocycles. The number of benzene rings is 2. The fourth-order valence-electron chi connectivity index (χ4n) is 3.60. The minimum Gasteiger partial charge on any atom is -0.326 e. The first-order valence-corrected chi connectivity index (χ1v) is 11.3. The largest absolute Gasteiger partial charge is 0.326 e. The van der Waals surface area contributed by atoms with E-state index in [4.69, 9.17) is 11.6 Å². The number of fused-ring (bicyclic) bond motifs is 1. The van der Waals surface area contributed by atoms with Crippen LogP contribution in [-0.4, -0.2) is 22.7 Å². The van der Waals surface area contributed by atoms with Crippen molar-refractivity contribution in [3.8, 4) is 0 Å². The first-order valence-electron chi connectivity index (χ1n) is 10.1. The second kappa shape index (κ2) is 9.50. The van der Waals surface area contributed by atoms with Crippen molar-refractivity contribution in [2.24, 2.45) is 0 Å². The average Bonchev–Trinajstić information content (AvgIpc) is 3.16. The number of amides is 3. The van der Waals surface area contributed by atoms with Gasteiger partial charge in [-0.15, -0.1) is 11.3 Å². The summed E-state index contributed by atoms with van der Waals surface area (Å²) in [7, 11) is 0. The lowest BCUT2D eigenvalue weighted by Gasteiger charge is -2.20. The topological polar surface area (TPSA) is 100 Å². The molecule has 32 heavy (non-hydrogen) atoms. The molecule has 0 bridgehead atoms. The Bertz CT molecular complexity index is 1180. The molecule has 1 unspecified atom stereocenters. The lowest BCUT2D eigenvalue weighted by atomic mass is 9.90.